The van der Waals surface area contributed by atoms with Crippen LogP contribution in [0.4, 0.5) is 0 Å². The molecule has 2 heterocycles. The summed E-state index contributed by atoms with van der Waals surface area (Å²) in [5.74, 6) is 0.824. The summed E-state index contributed by atoms with van der Waals surface area (Å²) in [5, 5.41) is 0.819. The van der Waals surface area contributed by atoms with Gasteiger partial charge in [-0.2, -0.15) is 0 Å². The molecule has 3 aliphatic rings. The second-order valence-corrected chi connectivity index (χ2v) is 7.56. The smallest absolute Gasteiger partial charge is 0.144 e. The Labute approximate surface area is 139 Å². The van der Waals surface area contributed by atoms with E-state index in [1.807, 2.05) is 0 Å². The molecule has 0 aromatic carbocycles. The molecule has 0 bridgehead atoms. The first-order valence-corrected chi connectivity index (χ1v) is 9.27. The van der Waals surface area contributed by atoms with Gasteiger partial charge in [-0.25, -0.2) is 0 Å². The first-order chi connectivity index (χ1) is 10.6. The molecule has 0 aromatic rings. The van der Waals surface area contributed by atoms with E-state index < -0.39 is 0 Å². The lowest BCUT2D eigenvalue weighted by Crippen LogP contribution is -2.48. The minimum Gasteiger partial charge on any atom is -0.494 e. The van der Waals surface area contributed by atoms with Crippen LogP contribution in [0.15, 0.2) is 10.8 Å². The van der Waals surface area contributed by atoms with Gasteiger partial charge in [-0.05, 0) is 44.9 Å². The van der Waals surface area contributed by atoms with Crippen LogP contribution >= 0.6 is 11.6 Å². The second kappa shape index (κ2) is 6.70. The molecule has 22 heavy (non-hydrogen) atoms. The Kier molecular flexibility index (Phi) is 5.06. The van der Waals surface area contributed by atoms with Crippen LogP contribution in [0.3, 0.4) is 0 Å². The summed E-state index contributed by atoms with van der Waals surface area (Å²) in [4.78, 5) is 0. The maximum Gasteiger partial charge on any atom is 0.144 e. The average molecular weight is 329 g/mol. The van der Waals surface area contributed by atoms with Crippen LogP contribution in [-0.4, -0.2) is 31.0 Å². The zero-order valence-electron chi connectivity index (χ0n) is 14.0. The van der Waals surface area contributed by atoms with Crippen molar-refractivity contribution in [1.82, 2.24) is 0 Å². The van der Waals surface area contributed by atoms with Crippen molar-refractivity contribution in [3.8, 4) is 0 Å². The van der Waals surface area contributed by atoms with Crippen LogP contribution < -0.4 is 0 Å². The highest BCUT2D eigenvalue weighted by Crippen LogP contribution is 2.51. The summed E-state index contributed by atoms with van der Waals surface area (Å²) in [5.41, 5.74) is -0.203. The fourth-order valence-corrected chi connectivity index (χ4v) is 4.82. The van der Waals surface area contributed by atoms with E-state index in [1.165, 1.54) is 32.1 Å². The normalized spacial score (nSPS) is 33.0. The molecule has 0 radical (unpaired) electrons. The van der Waals surface area contributed by atoms with E-state index in [4.69, 9.17) is 25.8 Å². The highest BCUT2D eigenvalue weighted by molar-refractivity contribution is 6.29. The molecule has 2 aliphatic heterocycles. The van der Waals surface area contributed by atoms with Crippen molar-refractivity contribution < 1.29 is 14.2 Å². The molecule has 1 spiro atoms. The molecule has 2 fully saturated rings. The number of hydrogen-bond acceptors (Lipinski definition) is 3. The van der Waals surface area contributed by atoms with Crippen LogP contribution in [0.25, 0.3) is 0 Å². The Hall–Kier alpha value is -0.250. The summed E-state index contributed by atoms with van der Waals surface area (Å²) < 4.78 is 18.6. The predicted molar refractivity (Wildman–Crippen MR) is 88.0 cm³/mol. The average Bonchev–Trinajstić information content (AvgIpc) is 2.90. The monoisotopic (exact) mass is 328 g/mol. The quantitative estimate of drug-likeness (QED) is 0.732. The zero-order chi connectivity index (χ0) is 15.6. The number of rotatable bonds is 4. The summed E-state index contributed by atoms with van der Waals surface area (Å²) in [6, 6.07) is 0. The van der Waals surface area contributed by atoms with Crippen LogP contribution in [0.1, 0.15) is 71.1 Å². The van der Waals surface area contributed by atoms with Crippen molar-refractivity contribution >= 4 is 11.6 Å². The molecule has 1 saturated heterocycles. The lowest BCUT2D eigenvalue weighted by atomic mass is 9.81. The summed E-state index contributed by atoms with van der Waals surface area (Å²) in [7, 11) is 1.76. The lowest BCUT2D eigenvalue weighted by molar-refractivity contribution is -0.175. The summed E-state index contributed by atoms with van der Waals surface area (Å²) in [6.45, 7) is 2.93. The van der Waals surface area contributed by atoms with Gasteiger partial charge in [0.15, 0.2) is 0 Å². The van der Waals surface area contributed by atoms with Gasteiger partial charge >= 0.3 is 0 Å². The third-order valence-corrected chi connectivity index (χ3v) is 6.18. The number of hydrogen-bond donors (Lipinski definition) is 0. The van der Waals surface area contributed by atoms with Gasteiger partial charge in [-0.15, -0.1) is 0 Å². The number of halogens is 1. The Morgan fingerprint density at radius 2 is 1.91 bits per heavy atom. The van der Waals surface area contributed by atoms with E-state index in [2.05, 4.69) is 6.92 Å². The van der Waals surface area contributed by atoms with E-state index in [1.54, 1.807) is 7.11 Å². The van der Waals surface area contributed by atoms with Crippen LogP contribution in [0.2, 0.25) is 0 Å². The lowest BCUT2D eigenvalue weighted by Gasteiger charge is -2.41. The van der Waals surface area contributed by atoms with E-state index in [0.717, 1.165) is 49.5 Å². The fourth-order valence-electron chi connectivity index (χ4n) is 4.53. The maximum atomic E-state index is 6.78. The summed E-state index contributed by atoms with van der Waals surface area (Å²) >= 11 is 6.45. The van der Waals surface area contributed by atoms with Crippen molar-refractivity contribution in [3.63, 3.8) is 0 Å². The molecule has 126 valence electrons. The Morgan fingerprint density at radius 1 is 1.14 bits per heavy atom. The predicted octanol–water partition coefficient (Wildman–Crippen LogP) is 4.92. The number of ether oxygens (including phenoxy) is 3. The van der Waals surface area contributed by atoms with Gasteiger partial charge in [-0.3, -0.25) is 0 Å². The van der Waals surface area contributed by atoms with Crippen LogP contribution in [-0.2, 0) is 14.2 Å². The van der Waals surface area contributed by atoms with E-state index in [9.17, 15) is 0 Å². The van der Waals surface area contributed by atoms with Gasteiger partial charge in [0, 0.05) is 7.11 Å². The molecule has 0 N–H and O–H groups in total. The Balaban J connectivity index is 1.85. The van der Waals surface area contributed by atoms with Crippen molar-refractivity contribution in [1.29, 1.82) is 0 Å². The van der Waals surface area contributed by atoms with Gasteiger partial charge in [-0.1, -0.05) is 37.8 Å². The SMILES string of the molecule is CCC1(C(OC)C2=C(Cl)CCCO2)CCC2(CCCCC2)O1. The molecular formula is C18H29ClO3. The molecular weight excluding hydrogens is 300 g/mol. The van der Waals surface area contributed by atoms with Crippen molar-refractivity contribution in [2.75, 3.05) is 13.7 Å². The second-order valence-electron chi connectivity index (χ2n) is 7.10. The van der Waals surface area contributed by atoms with Gasteiger partial charge in [0.2, 0.25) is 0 Å². The van der Waals surface area contributed by atoms with Gasteiger partial charge in [0.1, 0.15) is 17.5 Å². The maximum absolute atomic E-state index is 6.78. The molecule has 2 unspecified atom stereocenters. The van der Waals surface area contributed by atoms with Crippen LogP contribution in [0, 0.1) is 0 Å². The minimum atomic E-state index is -0.279. The van der Waals surface area contributed by atoms with E-state index in [-0.39, 0.29) is 17.3 Å². The van der Waals surface area contributed by atoms with E-state index in [0.29, 0.717) is 0 Å². The first kappa shape index (κ1) is 16.6. The molecule has 1 saturated carbocycles. The van der Waals surface area contributed by atoms with Crippen LogP contribution in [0.5, 0.6) is 0 Å². The van der Waals surface area contributed by atoms with Crippen molar-refractivity contribution in [3.05, 3.63) is 10.8 Å². The Morgan fingerprint density at radius 3 is 2.55 bits per heavy atom. The molecule has 1 aliphatic carbocycles. The third-order valence-electron chi connectivity index (χ3n) is 5.80. The van der Waals surface area contributed by atoms with Gasteiger partial charge < -0.3 is 14.2 Å². The highest BCUT2D eigenvalue weighted by atomic mass is 35.5. The number of allylic oxidation sites excluding steroid dienone is 1. The minimum absolute atomic E-state index is 0.0761. The molecule has 0 amide bonds. The topological polar surface area (TPSA) is 27.7 Å². The molecule has 2 atom stereocenters. The standard InChI is InChI=1S/C18H29ClO3/c1-3-18(12-11-17(22-18)9-5-4-6-10-17)16(20-2)15-14(19)8-7-13-21-15/h16H,3-13H2,1-2H3. The van der Waals surface area contributed by atoms with E-state index >= 15 is 0 Å². The first-order valence-electron chi connectivity index (χ1n) is 8.89. The zero-order valence-corrected chi connectivity index (χ0v) is 14.7. The summed E-state index contributed by atoms with van der Waals surface area (Å²) in [6.07, 6.45) is 11.1. The fraction of sp³-hybridized carbons (Fsp3) is 0.889. The molecule has 3 rings (SSSR count). The Bertz CT molecular complexity index is 428. The largest absolute Gasteiger partial charge is 0.494 e. The molecule has 4 heteroatoms. The molecule has 3 nitrogen and oxygen atoms in total. The molecule has 0 aromatic heterocycles. The van der Waals surface area contributed by atoms with Crippen molar-refractivity contribution in [2.45, 2.75) is 88.4 Å². The highest BCUT2D eigenvalue weighted by Gasteiger charge is 2.54. The van der Waals surface area contributed by atoms with Crippen molar-refractivity contribution in [2.24, 2.45) is 0 Å². The third kappa shape index (κ3) is 2.92. The van der Waals surface area contributed by atoms with Gasteiger partial charge in [0.25, 0.3) is 0 Å². The number of methoxy groups -OCH3 is 1. The van der Waals surface area contributed by atoms with Gasteiger partial charge in [0.05, 0.1) is 17.2 Å².